The van der Waals surface area contributed by atoms with E-state index in [-0.39, 0.29) is 11.9 Å². The van der Waals surface area contributed by atoms with Gasteiger partial charge < -0.3 is 10.1 Å². The third-order valence-electron chi connectivity index (χ3n) is 4.34. The number of pyridine rings is 1. The van der Waals surface area contributed by atoms with E-state index in [1.165, 1.54) is 17.7 Å². The number of fused-ring (bicyclic) bond motifs is 1. The fourth-order valence-corrected chi connectivity index (χ4v) is 3.10. The van der Waals surface area contributed by atoms with E-state index in [0.717, 1.165) is 23.2 Å². The summed E-state index contributed by atoms with van der Waals surface area (Å²) in [6, 6.07) is 19.2. The molecule has 0 aliphatic carbocycles. The average Bonchev–Trinajstić information content (AvgIpc) is 2.64. The normalized spacial score (nSPS) is 15.8. The third-order valence-corrected chi connectivity index (χ3v) is 4.34. The fraction of sp³-hybridized carbons (Fsp3) is 0.190. The number of aromatic nitrogens is 1. The number of benzene rings is 2. The largest absolute Gasteiger partial charge is 0.474 e. The summed E-state index contributed by atoms with van der Waals surface area (Å²) in [6.45, 7) is 0.603. The van der Waals surface area contributed by atoms with E-state index in [0.29, 0.717) is 18.9 Å². The summed E-state index contributed by atoms with van der Waals surface area (Å²) >= 11 is 0. The van der Waals surface area contributed by atoms with Gasteiger partial charge in [0.05, 0.1) is 11.7 Å². The molecule has 0 radical (unpaired) electrons. The van der Waals surface area contributed by atoms with Gasteiger partial charge in [0, 0.05) is 6.20 Å². The minimum Gasteiger partial charge on any atom is -0.474 e. The summed E-state index contributed by atoms with van der Waals surface area (Å²) in [6.07, 6.45) is 3.44. The number of rotatable bonds is 4. The molecule has 1 N–H and O–H groups in total. The van der Waals surface area contributed by atoms with Gasteiger partial charge >= 0.3 is 0 Å². The molecule has 25 heavy (non-hydrogen) atoms. The number of ether oxygens (including phenoxy) is 1. The summed E-state index contributed by atoms with van der Waals surface area (Å²) < 4.78 is 18.8. The van der Waals surface area contributed by atoms with Gasteiger partial charge in [0.2, 0.25) is 5.88 Å². The Labute approximate surface area is 146 Å². The molecule has 0 bridgehead atoms. The van der Waals surface area contributed by atoms with E-state index in [4.69, 9.17) is 4.74 Å². The van der Waals surface area contributed by atoms with Gasteiger partial charge in [-0.3, -0.25) is 0 Å². The van der Waals surface area contributed by atoms with Crippen LogP contribution in [0, 0.1) is 5.82 Å². The molecule has 4 rings (SSSR count). The van der Waals surface area contributed by atoms with Crippen molar-refractivity contribution in [3.05, 3.63) is 89.4 Å². The highest BCUT2D eigenvalue weighted by atomic mass is 19.1. The van der Waals surface area contributed by atoms with Crippen molar-refractivity contribution >= 4 is 5.69 Å². The van der Waals surface area contributed by atoms with Crippen LogP contribution in [-0.2, 0) is 12.8 Å². The van der Waals surface area contributed by atoms with Crippen LogP contribution in [0.3, 0.4) is 0 Å². The van der Waals surface area contributed by atoms with Crippen LogP contribution in [0.5, 0.6) is 5.88 Å². The first-order chi connectivity index (χ1) is 12.3. The molecule has 2 aromatic carbocycles. The van der Waals surface area contributed by atoms with Crippen molar-refractivity contribution in [3.8, 4) is 5.88 Å². The molecule has 0 amide bonds. The van der Waals surface area contributed by atoms with Gasteiger partial charge in [0.25, 0.3) is 0 Å². The Morgan fingerprint density at radius 3 is 2.60 bits per heavy atom. The molecule has 0 unspecified atom stereocenters. The second-order valence-electron chi connectivity index (χ2n) is 6.34. The van der Waals surface area contributed by atoms with E-state index < -0.39 is 0 Å². The van der Waals surface area contributed by atoms with Crippen LogP contribution in [0.1, 0.15) is 16.7 Å². The summed E-state index contributed by atoms with van der Waals surface area (Å²) in [7, 11) is 0. The molecule has 0 saturated carbocycles. The van der Waals surface area contributed by atoms with Gasteiger partial charge in [-0.1, -0.05) is 42.5 Å². The Kier molecular flexibility index (Phi) is 4.34. The van der Waals surface area contributed by atoms with E-state index >= 15 is 0 Å². The van der Waals surface area contributed by atoms with Crippen molar-refractivity contribution in [2.75, 3.05) is 11.9 Å². The van der Waals surface area contributed by atoms with Crippen molar-refractivity contribution in [2.24, 2.45) is 0 Å². The zero-order chi connectivity index (χ0) is 17.1. The number of nitrogens with zero attached hydrogens (tertiary/aromatic N) is 1. The predicted octanol–water partition coefficient (Wildman–Crippen LogP) is 4.23. The predicted molar refractivity (Wildman–Crippen MR) is 96.5 cm³/mol. The Balaban J connectivity index is 1.48. The van der Waals surface area contributed by atoms with E-state index in [9.17, 15) is 4.39 Å². The molecule has 1 aliphatic heterocycles. The summed E-state index contributed by atoms with van der Waals surface area (Å²) in [5.41, 5.74) is 4.33. The van der Waals surface area contributed by atoms with Crippen LogP contribution < -0.4 is 10.1 Å². The molecule has 3 aromatic rings. The molecule has 2 heterocycles. The standard InChI is InChI=1S/C21H19FN2O/c22-18-8-6-16(7-9-18)10-17-12-20-21(23-13-17)25-14-19(24-20)11-15-4-2-1-3-5-15/h1-9,12-13,19,24H,10-11,14H2/t19-/m0/s1. The number of halogens is 1. The van der Waals surface area contributed by atoms with Crippen molar-refractivity contribution < 1.29 is 9.13 Å². The number of hydrogen-bond donors (Lipinski definition) is 1. The maximum atomic E-state index is 13.0. The number of anilines is 1. The van der Waals surface area contributed by atoms with Gasteiger partial charge in [-0.2, -0.15) is 0 Å². The molecule has 4 heteroatoms. The minimum absolute atomic E-state index is 0.217. The lowest BCUT2D eigenvalue weighted by molar-refractivity contribution is 0.272. The number of hydrogen-bond acceptors (Lipinski definition) is 3. The highest BCUT2D eigenvalue weighted by Gasteiger charge is 2.20. The summed E-state index contributed by atoms with van der Waals surface area (Å²) in [5, 5.41) is 3.53. The Bertz CT molecular complexity index is 850. The van der Waals surface area contributed by atoms with Crippen molar-refractivity contribution in [1.29, 1.82) is 0 Å². The molecule has 1 aliphatic rings. The topological polar surface area (TPSA) is 34.2 Å². The maximum Gasteiger partial charge on any atom is 0.237 e. The van der Waals surface area contributed by atoms with Gasteiger partial charge in [-0.05, 0) is 47.7 Å². The van der Waals surface area contributed by atoms with Gasteiger partial charge in [0.15, 0.2) is 0 Å². The fourth-order valence-electron chi connectivity index (χ4n) is 3.10. The third kappa shape index (κ3) is 3.79. The lowest BCUT2D eigenvalue weighted by Gasteiger charge is -2.27. The zero-order valence-electron chi connectivity index (χ0n) is 13.8. The SMILES string of the molecule is Fc1ccc(Cc2cnc3c(c2)N[C@@H](Cc2ccccc2)CO3)cc1. The second kappa shape index (κ2) is 6.93. The highest BCUT2D eigenvalue weighted by Crippen LogP contribution is 2.29. The lowest BCUT2D eigenvalue weighted by atomic mass is 10.0. The second-order valence-corrected chi connectivity index (χ2v) is 6.34. The summed E-state index contributed by atoms with van der Waals surface area (Å²) in [4.78, 5) is 4.42. The van der Waals surface area contributed by atoms with Crippen molar-refractivity contribution in [1.82, 2.24) is 4.98 Å². The van der Waals surface area contributed by atoms with Crippen LogP contribution in [0.25, 0.3) is 0 Å². The van der Waals surface area contributed by atoms with Crippen LogP contribution in [0.2, 0.25) is 0 Å². The maximum absolute atomic E-state index is 13.0. The molecular weight excluding hydrogens is 315 g/mol. The lowest BCUT2D eigenvalue weighted by Crippen LogP contribution is -2.33. The number of nitrogens with one attached hydrogen (secondary N) is 1. The minimum atomic E-state index is -0.217. The first-order valence-electron chi connectivity index (χ1n) is 8.43. The van der Waals surface area contributed by atoms with E-state index in [1.807, 2.05) is 12.3 Å². The molecular formula is C21H19FN2O. The summed E-state index contributed by atoms with van der Waals surface area (Å²) in [5.74, 6) is 0.429. The smallest absolute Gasteiger partial charge is 0.237 e. The molecule has 0 fully saturated rings. The molecule has 0 spiro atoms. The molecule has 126 valence electrons. The molecule has 3 nitrogen and oxygen atoms in total. The van der Waals surface area contributed by atoms with Crippen LogP contribution >= 0.6 is 0 Å². The van der Waals surface area contributed by atoms with Crippen molar-refractivity contribution in [2.45, 2.75) is 18.9 Å². The van der Waals surface area contributed by atoms with Gasteiger partial charge in [0.1, 0.15) is 12.4 Å². The quantitative estimate of drug-likeness (QED) is 0.775. The first kappa shape index (κ1) is 15.6. The Morgan fingerprint density at radius 1 is 1.00 bits per heavy atom. The zero-order valence-corrected chi connectivity index (χ0v) is 13.8. The first-order valence-corrected chi connectivity index (χ1v) is 8.43. The van der Waals surface area contributed by atoms with Crippen LogP contribution in [0.15, 0.2) is 66.9 Å². The molecule has 0 saturated heterocycles. The van der Waals surface area contributed by atoms with Crippen LogP contribution in [-0.4, -0.2) is 17.6 Å². The van der Waals surface area contributed by atoms with Crippen molar-refractivity contribution in [3.63, 3.8) is 0 Å². The molecule has 1 aromatic heterocycles. The van der Waals surface area contributed by atoms with Gasteiger partial charge in [-0.25, -0.2) is 9.37 Å². The Hall–Kier alpha value is -2.88. The molecule has 1 atom stereocenters. The average molecular weight is 334 g/mol. The van der Waals surface area contributed by atoms with Crippen LogP contribution in [0.4, 0.5) is 10.1 Å². The Morgan fingerprint density at radius 2 is 1.80 bits per heavy atom. The van der Waals surface area contributed by atoms with E-state index in [1.54, 1.807) is 12.1 Å². The highest BCUT2D eigenvalue weighted by molar-refractivity contribution is 5.56. The monoisotopic (exact) mass is 334 g/mol. The van der Waals surface area contributed by atoms with E-state index in [2.05, 4.69) is 40.6 Å². The van der Waals surface area contributed by atoms with Gasteiger partial charge in [-0.15, -0.1) is 0 Å².